The van der Waals surface area contributed by atoms with Gasteiger partial charge in [0.05, 0.1) is 7.11 Å². The van der Waals surface area contributed by atoms with Crippen molar-refractivity contribution in [2.24, 2.45) is 0 Å². The molecule has 0 amide bonds. The number of hydrogen-bond donors (Lipinski definition) is 0. The van der Waals surface area contributed by atoms with Crippen molar-refractivity contribution in [2.75, 3.05) is 33.3 Å². The summed E-state index contributed by atoms with van der Waals surface area (Å²) in [5.74, 6) is 0.905. The van der Waals surface area contributed by atoms with Gasteiger partial charge in [-0.05, 0) is 17.7 Å². The zero-order chi connectivity index (χ0) is 15.4. The van der Waals surface area contributed by atoms with E-state index in [1.807, 2.05) is 12.1 Å². The van der Waals surface area contributed by atoms with Crippen LogP contribution in [0.25, 0.3) is 0 Å². The molecule has 0 unspecified atom stereocenters. The highest BCUT2D eigenvalue weighted by Gasteiger charge is 2.19. The van der Waals surface area contributed by atoms with E-state index < -0.39 is 0 Å². The van der Waals surface area contributed by atoms with Crippen molar-refractivity contribution in [3.8, 4) is 5.75 Å². The smallest absolute Gasteiger partial charge is 0.138 e. The van der Waals surface area contributed by atoms with Gasteiger partial charge >= 0.3 is 0 Å². The fraction of sp³-hybridized carbons (Fsp3) is 0.467. The van der Waals surface area contributed by atoms with E-state index in [1.54, 1.807) is 7.11 Å². The molecule has 22 heavy (non-hydrogen) atoms. The summed E-state index contributed by atoms with van der Waals surface area (Å²) in [5.41, 5.74) is 2.22. The molecule has 2 heterocycles. The Labute approximate surface area is 139 Å². The lowest BCUT2D eigenvalue weighted by Crippen LogP contribution is -2.45. The molecule has 7 heteroatoms. The molecular formula is C15H19ClN4OS. The van der Waals surface area contributed by atoms with Crippen molar-refractivity contribution in [3.63, 3.8) is 0 Å². The van der Waals surface area contributed by atoms with Gasteiger partial charge in [-0.15, -0.1) is 5.10 Å². The minimum atomic E-state index is 0.709. The Hall–Kier alpha value is -1.21. The van der Waals surface area contributed by atoms with Crippen LogP contribution in [0.4, 0.5) is 0 Å². The average molecular weight is 339 g/mol. The summed E-state index contributed by atoms with van der Waals surface area (Å²) < 4.78 is 9.79. The lowest BCUT2D eigenvalue weighted by molar-refractivity contribution is 0.121. The summed E-state index contributed by atoms with van der Waals surface area (Å²) in [6, 6.07) is 8.30. The standard InChI is InChI=1S/C15H19ClN4OS/c1-21-13-4-2-12(3-5-13)10-19-6-8-20(9-7-19)11-14-15(16)22-18-17-14/h2-5H,6-11H2,1H3. The van der Waals surface area contributed by atoms with Crippen LogP contribution in [0.15, 0.2) is 24.3 Å². The molecule has 1 aliphatic rings. The molecule has 1 aromatic carbocycles. The second-order valence-corrected chi connectivity index (χ2v) is 6.75. The van der Waals surface area contributed by atoms with E-state index in [-0.39, 0.29) is 0 Å². The van der Waals surface area contributed by atoms with Gasteiger partial charge in [0.25, 0.3) is 0 Å². The first-order chi connectivity index (χ1) is 10.7. The third-order valence-corrected chi connectivity index (χ3v) is 4.90. The molecular weight excluding hydrogens is 320 g/mol. The molecule has 0 spiro atoms. The molecule has 0 N–H and O–H groups in total. The number of hydrogen-bond acceptors (Lipinski definition) is 6. The molecule has 0 aliphatic carbocycles. The largest absolute Gasteiger partial charge is 0.497 e. The minimum absolute atomic E-state index is 0.709. The van der Waals surface area contributed by atoms with E-state index in [0.717, 1.165) is 50.7 Å². The Kier molecular flexibility index (Phi) is 5.25. The summed E-state index contributed by atoms with van der Waals surface area (Å²) in [5, 5.41) is 4.08. The summed E-state index contributed by atoms with van der Waals surface area (Å²) in [4.78, 5) is 4.85. The van der Waals surface area contributed by atoms with Crippen LogP contribution in [-0.2, 0) is 13.1 Å². The van der Waals surface area contributed by atoms with Gasteiger partial charge in [-0.1, -0.05) is 28.2 Å². The SMILES string of the molecule is COc1ccc(CN2CCN(Cc3nnsc3Cl)CC2)cc1. The molecule has 118 valence electrons. The Morgan fingerprint density at radius 3 is 2.27 bits per heavy atom. The topological polar surface area (TPSA) is 41.5 Å². The van der Waals surface area contributed by atoms with E-state index >= 15 is 0 Å². The van der Waals surface area contributed by atoms with E-state index in [0.29, 0.717) is 4.34 Å². The number of methoxy groups -OCH3 is 1. The van der Waals surface area contributed by atoms with Crippen LogP contribution < -0.4 is 4.74 Å². The van der Waals surface area contributed by atoms with E-state index in [9.17, 15) is 0 Å². The lowest BCUT2D eigenvalue weighted by Gasteiger charge is -2.34. The molecule has 2 aromatic rings. The Morgan fingerprint density at radius 1 is 1.09 bits per heavy atom. The first kappa shape index (κ1) is 15.7. The third kappa shape index (κ3) is 3.95. The van der Waals surface area contributed by atoms with E-state index in [1.165, 1.54) is 17.1 Å². The van der Waals surface area contributed by atoms with Gasteiger partial charge in [0.1, 0.15) is 15.8 Å². The van der Waals surface area contributed by atoms with Gasteiger partial charge in [0, 0.05) is 50.8 Å². The maximum absolute atomic E-state index is 6.07. The molecule has 1 aromatic heterocycles. The molecule has 0 bridgehead atoms. The Balaban J connectivity index is 1.48. The van der Waals surface area contributed by atoms with Gasteiger partial charge in [-0.3, -0.25) is 9.80 Å². The maximum atomic E-state index is 6.07. The summed E-state index contributed by atoms with van der Waals surface area (Å²) in [7, 11) is 1.69. The van der Waals surface area contributed by atoms with Crippen molar-refractivity contribution < 1.29 is 4.74 Å². The molecule has 3 rings (SSSR count). The molecule has 0 radical (unpaired) electrons. The molecule has 5 nitrogen and oxygen atoms in total. The number of halogens is 1. The normalized spacial score (nSPS) is 16.8. The van der Waals surface area contributed by atoms with Gasteiger partial charge in [0.15, 0.2) is 0 Å². The number of piperazine rings is 1. The van der Waals surface area contributed by atoms with E-state index in [4.69, 9.17) is 16.3 Å². The van der Waals surface area contributed by atoms with Crippen molar-refractivity contribution >= 4 is 23.1 Å². The molecule has 1 fully saturated rings. The third-order valence-electron chi connectivity index (χ3n) is 3.91. The predicted octanol–water partition coefficient (Wildman–Crippen LogP) is 2.52. The van der Waals surface area contributed by atoms with Gasteiger partial charge < -0.3 is 4.74 Å². The first-order valence-electron chi connectivity index (χ1n) is 7.29. The van der Waals surface area contributed by atoms with Crippen LogP contribution in [0.2, 0.25) is 4.34 Å². The predicted molar refractivity (Wildman–Crippen MR) is 88.5 cm³/mol. The van der Waals surface area contributed by atoms with Crippen LogP contribution in [0.1, 0.15) is 11.3 Å². The average Bonchev–Trinajstić information content (AvgIpc) is 2.95. The highest BCUT2D eigenvalue weighted by atomic mass is 35.5. The van der Waals surface area contributed by atoms with Gasteiger partial charge in [0.2, 0.25) is 0 Å². The highest BCUT2D eigenvalue weighted by molar-refractivity contribution is 7.10. The lowest BCUT2D eigenvalue weighted by atomic mass is 10.2. The number of rotatable bonds is 5. The fourth-order valence-corrected chi connectivity index (χ4v) is 3.21. The maximum Gasteiger partial charge on any atom is 0.138 e. The number of nitrogens with zero attached hydrogens (tertiary/aromatic N) is 4. The Bertz CT molecular complexity index is 596. The van der Waals surface area contributed by atoms with Crippen LogP contribution >= 0.6 is 23.1 Å². The van der Waals surface area contributed by atoms with Crippen LogP contribution in [0, 0.1) is 0 Å². The van der Waals surface area contributed by atoms with Crippen LogP contribution in [0.3, 0.4) is 0 Å². The summed E-state index contributed by atoms with van der Waals surface area (Å²) in [6.07, 6.45) is 0. The molecule has 1 aliphatic heterocycles. The minimum Gasteiger partial charge on any atom is -0.497 e. The second kappa shape index (κ2) is 7.37. The monoisotopic (exact) mass is 338 g/mol. The van der Waals surface area contributed by atoms with E-state index in [2.05, 4.69) is 31.5 Å². The quantitative estimate of drug-likeness (QED) is 0.838. The zero-order valence-corrected chi connectivity index (χ0v) is 14.1. The van der Waals surface area contributed by atoms with Crippen LogP contribution in [0.5, 0.6) is 5.75 Å². The van der Waals surface area contributed by atoms with Crippen molar-refractivity contribution in [2.45, 2.75) is 13.1 Å². The number of aromatic nitrogens is 2. The van der Waals surface area contributed by atoms with Gasteiger partial charge in [-0.25, -0.2) is 0 Å². The van der Waals surface area contributed by atoms with Crippen molar-refractivity contribution in [1.82, 2.24) is 19.4 Å². The number of ether oxygens (including phenoxy) is 1. The molecule has 0 saturated carbocycles. The Morgan fingerprint density at radius 2 is 1.73 bits per heavy atom. The first-order valence-corrected chi connectivity index (χ1v) is 8.44. The van der Waals surface area contributed by atoms with Crippen molar-refractivity contribution in [3.05, 3.63) is 39.9 Å². The molecule has 1 saturated heterocycles. The number of benzene rings is 1. The molecule has 0 atom stereocenters. The summed E-state index contributed by atoms with van der Waals surface area (Å²) in [6.45, 7) is 5.96. The zero-order valence-electron chi connectivity index (χ0n) is 12.5. The van der Waals surface area contributed by atoms with Gasteiger partial charge in [-0.2, -0.15) is 0 Å². The highest BCUT2D eigenvalue weighted by Crippen LogP contribution is 2.20. The fourth-order valence-electron chi connectivity index (χ4n) is 2.60. The second-order valence-electron chi connectivity index (χ2n) is 5.39. The van der Waals surface area contributed by atoms with Crippen LogP contribution in [-0.4, -0.2) is 52.7 Å². The summed E-state index contributed by atoms with van der Waals surface area (Å²) >= 11 is 7.32. The van der Waals surface area contributed by atoms with Crippen molar-refractivity contribution in [1.29, 1.82) is 0 Å².